The number of carbonyl (C=O) groups is 2. The molecule has 0 spiro atoms. The quantitative estimate of drug-likeness (QED) is 0.352. The maximum atomic E-state index is 12.6. The molecule has 0 unspecified atom stereocenters. The summed E-state index contributed by atoms with van der Waals surface area (Å²) in [6.07, 6.45) is 22.5. The zero-order valence-corrected chi connectivity index (χ0v) is 18.4. The van der Waals surface area contributed by atoms with E-state index in [1.165, 1.54) is 9.80 Å². The third-order valence-electron chi connectivity index (χ3n) is 4.07. The van der Waals surface area contributed by atoms with Crippen molar-refractivity contribution in [1.82, 2.24) is 9.80 Å². The van der Waals surface area contributed by atoms with Gasteiger partial charge in [-0.05, 0) is 84.6 Å². The van der Waals surface area contributed by atoms with Gasteiger partial charge in [-0.2, -0.15) is 0 Å². The molecule has 0 N–H and O–H groups in total. The number of hydrogen-bond donors (Lipinski definition) is 0. The van der Waals surface area contributed by atoms with Crippen molar-refractivity contribution in [3.63, 3.8) is 0 Å². The minimum Gasteiger partial charge on any atom is -0.443 e. The molecule has 2 saturated carbocycles. The number of amides is 2. The second kappa shape index (κ2) is 11.1. The molecule has 2 aliphatic carbocycles. The topological polar surface area (TPSA) is 62.2 Å². The Kier molecular flexibility index (Phi) is 9.17. The molecule has 2 aliphatic heterocycles. The molecule has 7 heteroatoms. The van der Waals surface area contributed by atoms with Gasteiger partial charge in [0.25, 0.3) is 5.91 Å². The van der Waals surface area contributed by atoms with Crippen LogP contribution in [-0.2, 0) is 26.6 Å². The summed E-state index contributed by atoms with van der Waals surface area (Å²) in [6, 6.07) is 0. The number of allylic oxidation sites excluding steroid dienone is 1. The number of nitrogens with zero attached hydrogens (tertiary/aromatic N) is 3. The van der Waals surface area contributed by atoms with Gasteiger partial charge in [0.15, 0.2) is 0 Å². The molecule has 4 aliphatic rings. The largest absolute Gasteiger partial charge is 2.00 e. The van der Waals surface area contributed by atoms with Crippen LogP contribution in [0.3, 0.4) is 0 Å². The van der Waals surface area contributed by atoms with Crippen molar-refractivity contribution in [2.75, 3.05) is 13.1 Å². The van der Waals surface area contributed by atoms with Crippen LogP contribution in [0.25, 0.3) is 0 Å². The predicted molar refractivity (Wildman–Crippen MR) is 111 cm³/mol. The average Bonchev–Trinajstić information content (AvgIpc) is 3.39. The van der Waals surface area contributed by atoms with Gasteiger partial charge in [-0.1, -0.05) is 12.2 Å². The minimum atomic E-state index is -0.616. The first kappa shape index (κ1) is 24.7. The van der Waals surface area contributed by atoms with Crippen molar-refractivity contribution in [3.8, 4) is 0 Å². The first-order valence-electron chi connectivity index (χ1n) is 9.51. The molecule has 0 aromatic carbocycles. The molecule has 2 fully saturated rings. The Morgan fingerprint density at radius 1 is 1.00 bits per heavy atom. The Morgan fingerprint density at radius 2 is 1.57 bits per heavy atom. The Labute approximate surface area is 191 Å². The van der Waals surface area contributed by atoms with E-state index in [1.807, 2.05) is 69.9 Å². The normalized spacial score (nSPS) is 22.8. The standard InChI is InChI=1S/C18H20N3O3.C5H5.Fe/c1-18(2,3)24-17(23)21-11-7-6-10-20-15(22)14(19-16(20)21)12-13-8-4-5-9-13;1-2-4-5-3-1;/h4-9,12H,10-11H2,1-3H3;1-5H;/q;;+2/b14-12-;;. The second-order valence-corrected chi connectivity index (χ2v) is 7.60. The molecule has 0 aromatic rings. The van der Waals surface area contributed by atoms with Crippen molar-refractivity contribution >= 4 is 18.0 Å². The predicted octanol–water partition coefficient (Wildman–Crippen LogP) is 3.30. The van der Waals surface area contributed by atoms with Gasteiger partial charge in [0.05, 0.1) is 6.54 Å². The van der Waals surface area contributed by atoms with Crippen LogP contribution < -0.4 is 0 Å². The molecule has 0 saturated heterocycles. The maximum absolute atomic E-state index is 12.6. The van der Waals surface area contributed by atoms with E-state index in [0.29, 0.717) is 24.7 Å². The van der Waals surface area contributed by atoms with Gasteiger partial charge in [-0.25, -0.2) is 14.7 Å². The summed E-state index contributed by atoms with van der Waals surface area (Å²) in [6.45, 7) is 6.12. The van der Waals surface area contributed by atoms with Crippen LogP contribution in [0, 0.1) is 63.7 Å². The van der Waals surface area contributed by atoms with E-state index in [9.17, 15) is 9.59 Å². The van der Waals surface area contributed by atoms with Gasteiger partial charge in [-0.3, -0.25) is 9.69 Å². The smallest absolute Gasteiger partial charge is 0.443 e. The zero-order valence-electron chi connectivity index (χ0n) is 17.3. The van der Waals surface area contributed by atoms with E-state index in [4.69, 9.17) is 4.74 Å². The fourth-order valence-electron chi connectivity index (χ4n) is 2.79. The SMILES string of the molecule is CC(C)(C)OC(=O)N1CC=CCN2C(=O)/C(=C/[C]3[CH][CH][CH][CH]3)N=C12.[CH]1[CH][CH][CH][CH]1.[Fe+2]. The fraction of sp³-hybridized carbons (Fsp3) is 0.261. The molecule has 0 aromatic heterocycles. The van der Waals surface area contributed by atoms with Crippen LogP contribution >= 0.6 is 0 Å². The van der Waals surface area contributed by atoms with Crippen LogP contribution in [0.5, 0.6) is 0 Å². The van der Waals surface area contributed by atoms with Crippen LogP contribution in [0.1, 0.15) is 20.8 Å². The summed E-state index contributed by atoms with van der Waals surface area (Å²) in [5, 5.41) is 0. The third-order valence-corrected chi connectivity index (χ3v) is 4.07. The van der Waals surface area contributed by atoms with Gasteiger partial charge in [0.2, 0.25) is 5.96 Å². The van der Waals surface area contributed by atoms with E-state index in [0.717, 1.165) is 5.92 Å². The van der Waals surface area contributed by atoms with Gasteiger partial charge in [0.1, 0.15) is 11.3 Å². The molecule has 2 heterocycles. The summed E-state index contributed by atoms with van der Waals surface area (Å²) < 4.78 is 5.43. The van der Waals surface area contributed by atoms with Gasteiger partial charge >= 0.3 is 23.2 Å². The number of rotatable bonds is 1. The summed E-state index contributed by atoms with van der Waals surface area (Å²) in [5.74, 6) is 1.00. The van der Waals surface area contributed by atoms with Crippen LogP contribution in [0.15, 0.2) is 28.9 Å². The molecule has 6 nitrogen and oxygen atoms in total. The average molecular weight is 447 g/mol. The maximum Gasteiger partial charge on any atom is 2.00 e. The second-order valence-electron chi connectivity index (χ2n) is 7.60. The van der Waals surface area contributed by atoms with Crippen LogP contribution in [-0.4, -0.2) is 46.5 Å². The Balaban J connectivity index is 0.000000468. The van der Waals surface area contributed by atoms with Crippen LogP contribution in [0.2, 0.25) is 0 Å². The van der Waals surface area contributed by atoms with Crippen molar-refractivity contribution in [2.24, 2.45) is 4.99 Å². The van der Waals surface area contributed by atoms with E-state index < -0.39 is 11.7 Å². The number of ether oxygens (including phenoxy) is 1. The third kappa shape index (κ3) is 6.71. The number of hydrogen-bond acceptors (Lipinski definition) is 4. The molecular formula is C23H25FeN3O3+2. The van der Waals surface area contributed by atoms with Crippen molar-refractivity contribution in [2.45, 2.75) is 26.4 Å². The molecule has 0 bridgehead atoms. The molecule has 30 heavy (non-hydrogen) atoms. The number of aliphatic imine (C=N–C) groups is 1. The van der Waals surface area contributed by atoms with Gasteiger partial charge in [-0.15, -0.1) is 0 Å². The molecule has 4 rings (SSSR count). The number of guanidine groups is 1. The molecule has 2 amide bonds. The fourth-order valence-corrected chi connectivity index (χ4v) is 2.79. The number of fused-ring (bicyclic) bond motifs is 1. The molecule has 0 atom stereocenters. The number of carbonyl (C=O) groups excluding carboxylic acids is 2. The van der Waals surface area contributed by atoms with Crippen molar-refractivity contribution < 1.29 is 31.4 Å². The van der Waals surface area contributed by atoms with Gasteiger partial charge < -0.3 is 4.74 Å². The van der Waals surface area contributed by atoms with Crippen molar-refractivity contribution in [3.05, 3.63) is 87.6 Å². The van der Waals surface area contributed by atoms with E-state index in [2.05, 4.69) is 4.99 Å². The Bertz CT molecular complexity index is 691. The summed E-state index contributed by atoms with van der Waals surface area (Å²) in [5.41, 5.74) is -0.297. The monoisotopic (exact) mass is 447 g/mol. The van der Waals surface area contributed by atoms with E-state index >= 15 is 0 Å². The first-order valence-corrected chi connectivity index (χ1v) is 9.51. The van der Waals surface area contributed by atoms with E-state index in [-0.39, 0.29) is 23.0 Å². The summed E-state index contributed by atoms with van der Waals surface area (Å²) in [7, 11) is 0. The zero-order chi connectivity index (χ0) is 20.9. The van der Waals surface area contributed by atoms with Crippen LogP contribution in [0.4, 0.5) is 4.79 Å². The van der Waals surface area contributed by atoms with Crippen molar-refractivity contribution in [1.29, 1.82) is 0 Å². The first-order chi connectivity index (χ1) is 13.8. The minimum absolute atomic E-state index is 0. The van der Waals surface area contributed by atoms with Gasteiger partial charge in [0, 0.05) is 12.5 Å². The summed E-state index contributed by atoms with van der Waals surface area (Å²) >= 11 is 0. The van der Waals surface area contributed by atoms with E-state index in [1.54, 1.807) is 26.8 Å². The summed E-state index contributed by atoms with van der Waals surface area (Å²) in [4.78, 5) is 32.3. The Hall–Kier alpha value is -1.59. The Morgan fingerprint density at radius 3 is 2.13 bits per heavy atom. The molecule has 156 valence electrons. The molecule has 10 radical (unpaired) electrons. The molecular weight excluding hydrogens is 422 g/mol.